The summed E-state index contributed by atoms with van der Waals surface area (Å²) >= 11 is 0. The first kappa shape index (κ1) is 21.6. The van der Waals surface area contributed by atoms with E-state index in [1.54, 1.807) is 17.8 Å². The predicted octanol–water partition coefficient (Wildman–Crippen LogP) is 2.00. The van der Waals surface area contributed by atoms with Gasteiger partial charge in [-0.2, -0.15) is 5.10 Å². The van der Waals surface area contributed by atoms with E-state index in [-0.39, 0.29) is 0 Å². The smallest absolute Gasteiger partial charge is 0.191 e. The fourth-order valence-corrected chi connectivity index (χ4v) is 3.16. The van der Waals surface area contributed by atoms with Gasteiger partial charge in [0.05, 0.1) is 24.8 Å². The fraction of sp³-hybridized carbons (Fsp3) is 0.409. The highest BCUT2D eigenvalue weighted by Crippen LogP contribution is 2.23. The van der Waals surface area contributed by atoms with Crippen molar-refractivity contribution in [1.29, 1.82) is 0 Å². The molecule has 0 amide bonds. The third-order valence-electron chi connectivity index (χ3n) is 4.93. The second kappa shape index (κ2) is 9.13. The average Bonchev–Trinajstić information content (AvgIpc) is 3.17. The summed E-state index contributed by atoms with van der Waals surface area (Å²) in [5, 5.41) is 22.6. The molecule has 3 aromatic rings. The van der Waals surface area contributed by atoms with Gasteiger partial charge in [-0.15, -0.1) is 0 Å². The third-order valence-corrected chi connectivity index (χ3v) is 4.93. The van der Waals surface area contributed by atoms with E-state index in [9.17, 15) is 5.11 Å². The van der Waals surface area contributed by atoms with Crippen molar-refractivity contribution in [2.75, 3.05) is 32.1 Å². The Labute approximate surface area is 177 Å². The molecule has 0 spiro atoms. The van der Waals surface area contributed by atoms with E-state index in [0.717, 1.165) is 34.4 Å². The second-order valence-electron chi connectivity index (χ2n) is 7.78. The van der Waals surface area contributed by atoms with Crippen LogP contribution in [0.1, 0.15) is 25.0 Å². The van der Waals surface area contributed by atoms with Crippen molar-refractivity contribution in [3.8, 4) is 0 Å². The number of guanidine groups is 1. The number of aromatic nitrogens is 3. The minimum Gasteiger partial charge on any atom is -0.383 e. The largest absolute Gasteiger partial charge is 0.383 e. The molecule has 1 atom stereocenters. The Kier molecular flexibility index (Phi) is 6.56. The van der Waals surface area contributed by atoms with E-state index in [0.29, 0.717) is 19.0 Å². The summed E-state index contributed by atoms with van der Waals surface area (Å²) in [6.45, 7) is 5.31. The van der Waals surface area contributed by atoms with Crippen LogP contribution in [0.25, 0.3) is 10.9 Å². The van der Waals surface area contributed by atoms with Crippen LogP contribution in [0.5, 0.6) is 0 Å². The van der Waals surface area contributed by atoms with Crippen LogP contribution in [0.3, 0.4) is 0 Å². The lowest BCUT2D eigenvalue weighted by molar-refractivity contribution is 0.0616. The Bertz CT molecular complexity index is 1020. The normalized spacial score (nSPS) is 13.9. The van der Waals surface area contributed by atoms with Gasteiger partial charge in [-0.1, -0.05) is 18.2 Å². The molecule has 3 rings (SSSR count). The molecular formula is C22H31N7O. The first-order valence-electron chi connectivity index (χ1n) is 10.1. The zero-order valence-corrected chi connectivity index (χ0v) is 18.3. The number of rotatable bonds is 7. The summed E-state index contributed by atoms with van der Waals surface area (Å²) in [7, 11) is 5.80. The fourth-order valence-electron chi connectivity index (χ4n) is 3.16. The SMILES string of the molecule is CCNC(=NCc1cc(N(C)C)nc2ccccc12)NCC(C)(O)c1cnn(C)c1. The molecule has 0 saturated heterocycles. The number of nitrogens with one attached hydrogen (secondary N) is 2. The molecule has 1 aromatic carbocycles. The number of hydrogen-bond donors (Lipinski definition) is 3. The monoisotopic (exact) mass is 409 g/mol. The number of fused-ring (bicyclic) bond motifs is 1. The van der Waals surface area contributed by atoms with Crippen LogP contribution in [0, 0.1) is 0 Å². The van der Waals surface area contributed by atoms with Crippen LogP contribution < -0.4 is 15.5 Å². The van der Waals surface area contributed by atoms with Crippen LogP contribution in [0.2, 0.25) is 0 Å². The van der Waals surface area contributed by atoms with Crippen LogP contribution in [-0.2, 0) is 19.2 Å². The highest BCUT2D eigenvalue weighted by Gasteiger charge is 2.25. The van der Waals surface area contributed by atoms with Gasteiger partial charge in [-0.05, 0) is 31.5 Å². The minimum atomic E-state index is -1.06. The molecule has 8 heteroatoms. The average molecular weight is 410 g/mol. The van der Waals surface area contributed by atoms with Crippen molar-refractivity contribution in [2.24, 2.45) is 12.0 Å². The third kappa shape index (κ3) is 5.07. The molecule has 1 unspecified atom stereocenters. The van der Waals surface area contributed by atoms with E-state index < -0.39 is 5.60 Å². The molecule has 8 nitrogen and oxygen atoms in total. The van der Waals surface area contributed by atoms with E-state index >= 15 is 0 Å². The number of benzene rings is 1. The van der Waals surface area contributed by atoms with Gasteiger partial charge in [-0.25, -0.2) is 9.98 Å². The summed E-state index contributed by atoms with van der Waals surface area (Å²) in [6.07, 6.45) is 3.50. The molecule has 0 aliphatic rings. The van der Waals surface area contributed by atoms with Gasteiger partial charge < -0.3 is 20.6 Å². The van der Waals surface area contributed by atoms with Crippen molar-refractivity contribution in [2.45, 2.75) is 26.0 Å². The summed E-state index contributed by atoms with van der Waals surface area (Å²) in [5.74, 6) is 1.55. The Morgan fingerprint density at radius 3 is 2.70 bits per heavy atom. The number of anilines is 1. The Balaban J connectivity index is 1.81. The van der Waals surface area contributed by atoms with Crippen molar-refractivity contribution in [3.63, 3.8) is 0 Å². The summed E-state index contributed by atoms with van der Waals surface area (Å²) in [5.41, 5.74) is 1.74. The van der Waals surface area contributed by atoms with Gasteiger partial charge in [0.15, 0.2) is 5.96 Å². The molecule has 2 aromatic heterocycles. The Morgan fingerprint density at radius 1 is 1.27 bits per heavy atom. The lowest BCUT2D eigenvalue weighted by Crippen LogP contribution is -2.44. The van der Waals surface area contributed by atoms with Gasteiger partial charge in [0.25, 0.3) is 0 Å². The first-order valence-corrected chi connectivity index (χ1v) is 10.1. The maximum atomic E-state index is 10.8. The maximum Gasteiger partial charge on any atom is 0.191 e. The van der Waals surface area contributed by atoms with Crippen molar-refractivity contribution < 1.29 is 5.11 Å². The van der Waals surface area contributed by atoms with Crippen molar-refractivity contribution >= 4 is 22.7 Å². The number of aliphatic hydroxyl groups is 1. The van der Waals surface area contributed by atoms with Crippen LogP contribution >= 0.6 is 0 Å². The van der Waals surface area contributed by atoms with Gasteiger partial charge >= 0.3 is 0 Å². The van der Waals surface area contributed by atoms with Crippen molar-refractivity contribution in [1.82, 2.24) is 25.4 Å². The predicted molar refractivity (Wildman–Crippen MR) is 122 cm³/mol. The molecular weight excluding hydrogens is 378 g/mol. The summed E-state index contributed by atoms with van der Waals surface area (Å²) < 4.78 is 1.68. The number of aryl methyl sites for hydroxylation is 1. The molecule has 0 bridgehead atoms. The molecule has 30 heavy (non-hydrogen) atoms. The standard InChI is InChI=1S/C22H31N7O/c1-6-23-21(25-15-22(2,30)17-13-26-29(5)14-17)24-12-16-11-20(28(3)4)27-19-10-8-7-9-18(16)19/h7-11,13-14,30H,6,12,15H2,1-5H3,(H2,23,24,25). The van der Waals surface area contributed by atoms with Gasteiger partial charge in [0.1, 0.15) is 11.4 Å². The lowest BCUT2D eigenvalue weighted by Gasteiger charge is -2.23. The number of para-hydroxylation sites is 1. The van der Waals surface area contributed by atoms with Crippen molar-refractivity contribution in [3.05, 3.63) is 53.9 Å². The van der Waals surface area contributed by atoms with Crippen LogP contribution in [-0.4, -0.2) is 53.0 Å². The molecule has 0 aliphatic carbocycles. The maximum absolute atomic E-state index is 10.8. The number of pyridine rings is 1. The number of aliphatic imine (C=N–C) groups is 1. The first-order chi connectivity index (χ1) is 14.3. The summed E-state index contributed by atoms with van der Waals surface area (Å²) in [6, 6.07) is 10.2. The quantitative estimate of drug-likeness (QED) is 0.408. The Morgan fingerprint density at radius 2 is 2.03 bits per heavy atom. The van der Waals surface area contributed by atoms with Gasteiger partial charge in [0.2, 0.25) is 0 Å². The van der Waals surface area contributed by atoms with Gasteiger partial charge in [-0.3, -0.25) is 4.68 Å². The molecule has 0 fully saturated rings. The minimum absolute atomic E-state index is 0.310. The zero-order valence-electron chi connectivity index (χ0n) is 18.3. The number of nitrogens with zero attached hydrogens (tertiary/aromatic N) is 5. The molecule has 0 aliphatic heterocycles. The molecule has 0 radical (unpaired) electrons. The van der Waals surface area contributed by atoms with Gasteiger partial charge in [0, 0.05) is 44.8 Å². The van der Waals surface area contributed by atoms with E-state index in [1.165, 1.54) is 0 Å². The zero-order chi connectivity index (χ0) is 21.7. The highest BCUT2D eigenvalue weighted by molar-refractivity contribution is 5.85. The Hall–Kier alpha value is -3.13. The van der Waals surface area contributed by atoms with Crippen LogP contribution in [0.15, 0.2) is 47.7 Å². The topological polar surface area (TPSA) is 90.6 Å². The highest BCUT2D eigenvalue weighted by atomic mass is 16.3. The molecule has 3 N–H and O–H groups in total. The molecule has 2 heterocycles. The molecule has 0 saturated carbocycles. The lowest BCUT2D eigenvalue weighted by atomic mass is 10.00. The van der Waals surface area contributed by atoms with E-state index in [2.05, 4.69) is 27.9 Å². The second-order valence-corrected chi connectivity index (χ2v) is 7.78. The van der Waals surface area contributed by atoms with E-state index in [1.807, 2.05) is 57.4 Å². The van der Waals surface area contributed by atoms with Crippen LogP contribution in [0.4, 0.5) is 5.82 Å². The summed E-state index contributed by atoms with van der Waals surface area (Å²) in [4.78, 5) is 11.5. The molecule has 160 valence electrons. The number of hydrogen-bond acceptors (Lipinski definition) is 5. The van der Waals surface area contributed by atoms with E-state index in [4.69, 9.17) is 9.98 Å².